The molecule has 16 heavy (non-hydrogen) atoms. The Labute approximate surface area is 102 Å². The van der Waals surface area contributed by atoms with Crippen LogP contribution in [0.25, 0.3) is 0 Å². The Bertz CT molecular complexity index is 374. The van der Waals surface area contributed by atoms with Crippen molar-refractivity contribution in [1.29, 1.82) is 0 Å². The van der Waals surface area contributed by atoms with E-state index in [4.69, 9.17) is 15.4 Å². The molecule has 1 aromatic carbocycles. The van der Waals surface area contributed by atoms with E-state index in [0.717, 1.165) is 0 Å². The lowest BCUT2D eigenvalue weighted by Gasteiger charge is -2.13. The van der Waals surface area contributed by atoms with E-state index in [9.17, 15) is 4.39 Å². The molecule has 0 atom stereocenters. The number of benzene rings is 1. The largest absolute Gasteiger partial charge is 0.493 e. The van der Waals surface area contributed by atoms with E-state index in [-0.39, 0.29) is 18.1 Å². The van der Waals surface area contributed by atoms with E-state index < -0.39 is 5.82 Å². The first-order chi connectivity index (χ1) is 7.65. The molecule has 0 bridgehead atoms. The van der Waals surface area contributed by atoms with Gasteiger partial charge in [0.1, 0.15) is 0 Å². The van der Waals surface area contributed by atoms with Crippen molar-refractivity contribution in [2.75, 3.05) is 20.8 Å². The molecule has 0 spiro atoms. The summed E-state index contributed by atoms with van der Waals surface area (Å²) in [6.07, 6.45) is 0.458. The average molecular weight is 294 g/mol. The smallest absolute Gasteiger partial charge is 0.208 e. The third-order valence-electron chi connectivity index (χ3n) is 2.11. The molecule has 0 aliphatic rings. The monoisotopic (exact) mass is 293 g/mol. The molecule has 0 heterocycles. The molecule has 0 fully saturated rings. The molecule has 0 aromatic heterocycles. The second kappa shape index (κ2) is 6.03. The summed E-state index contributed by atoms with van der Waals surface area (Å²) >= 11 is 3.22. The van der Waals surface area contributed by atoms with Gasteiger partial charge in [-0.15, -0.1) is 0 Å². The number of halogens is 2. The van der Waals surface area contributed by atoms with Crippen LogP contribution in [-0.2, 0) is 11.3 Å². The lowest BCUT2D eigenvalue weighted by atomic mass is 10.1. The lowest BCUT2D eigenvalue weighted by molar-refractivity contribution is 0.140. The third kappa shape index (κ3) is 2.63. The van der Waals surface area contributed by atoms with Crippen LogP contribution in [0.3, 0.4) is 0 Å². The number of hydrogen-bond donors (Lipinski definition) is 1. The molecule has 0 unspecified atom stereocenters. The highest BCUT2D eigenvalue weighted by Gasteiger charge is 2.18. The standard InChI is InChI=1S/C10H13BrFNO3/c1-14-9-6(3-4-16-13)5-7(11)10(15-2)8(9)12/h5H,3-4,13H2,1-2H3. The third-order valence-corrected chi connectivity index (χ3v) is 2.69. The molecule has 90 valence electrons. The van der Waals surface area contributed by atoms with Gasteiger partial charge in [-0.25, -0.2) is 5.90 Å². The van der Waals surface area contributed by atoms with Crippen LogP contribution in [-0.4, -0.2) is 20.8 Å². The Morgan fingerprint density at radius 2 is 1.94 bits per heavy atom. The van der Waals surface area contributed by atoms with Crippen molar-refractivity contribution in [2.24, 2.45) is 5.90 Å². The SMILES string of the molecule is COc1c(Br)cc(CCON)c(OC)c1F. The summed E-state index contributed by atoms with van der Waals surface area (Å²) in [6, 6.07) is 1.72. The van der Waals surface area contributed by atoms with Gasteiger partial charge in [0.25, 0.3) is 0 Å². The number of rotatable bonds is 5. The molecule has 0 amide bonds. The fourth-order valence-electron chi connectivity index (χ4n) is 1.40. The maximum Gasteiger partial charge on any atom is 0.208 e. The predicted octanol–water partition coefficient (Wildman–Crippen LogP) is 2.04. The molecule has 2 N–H and O–H groups in total. The van der Waals surface area contributed by atoms with E-state index in [1.807, 2.05) is 0 Å². The fraction of sp³-hybridized carbons (Fsp3) is 0.400. The van der Waals surface area contributed by atoms with Crippen LogP contribution >= 0.6 is 15.9 Å². The molecular weight excluding hydrogens is 281 g/mol. The molecule has 6 heteroatoms. The summed E-state index contributed by atoms with van der Waals surface area (Å²) in [6.45, 7) is 0.286. The topological polar surface area (TPSA) is 53.7 Å². The summed E-state index contributed by atoms with van der Waals surface area (Å²) in [5.74, 6) is 4.66. The molecular formula is C10H13BrFNO3. The molecule has 1 aromatic rings. The zero-order valence-electron chi connectivity index (χ0n) is 9.05. The Morgan fingerprint density at radius 1 is 1.31 bits per heavy atom. The van der Waals surface area contributed by atoms with Crippen LogP contribution in [0.1, 0.15) is 5.56 Å². The van der Waals surface area contributed by atoms with Crippen molar-refractivity contribution in [1.82, 2.24) is 0 Å². The van der Waals surface area contributed by atoms with Gasteiger partial charge < -0.3 is 14.3 Å². The first kappa shape index (κ1) is 13.2. The van der Waals surface area contributed by atoms with E-state index in [1.165, 1.54) is 14.2 Å². The van der Waals surface area contributed by atoms with Gasteiger partial charge in [0.2, 0.25) is 5.82 Å². The Hall–Kier alpha value is -0.850. The number of methoxy groups -OCH3 is 2. The number of nitrogens with two attached hydrogens (primary N) is 1. The van der Waals surface area contributed by atoms with Gasteiger partial charge >= 0.3 is 0 Å². The Morgan fingerprint density at radius 3 is 2.44 bits per heavy atom. The highest BCUT2D eigenvalue weighted by atomic mass is 79.9. The van der Waals surface area contributed by atoms with Crippen LogP contribution in [0.15, 0.2) is 10.5 Å². The molecule has 1 rings (SSSR count). The first-order valence-corrected chi connectivity index (χ1v) is 5.35. The maximum atomic E-state index is 13.9. The van der Waals surface area contributed by atoms with Gasteiger partial charge in [0, 0.05) is 12.0 Å². The lowest BCUT2D eigenvalue weighted by Crippen LogP contribution is -2.06. The number of hydrogen-bond acceptors (Lipinski definition) is 4. The molecule has 0 aliphatic heterocycles. The zero-order chi connectivity index (χ0) is 12.1. The van der Waals surface area contributed by atoms with Gasteiger partial charge in [0.05, 0.1) is 25.3 Å². The van der Waals surface area contributed by atoms with Crippen molar-refractivity contribution in [3.05, 3.63) is 21.9 Å². The highest BCUT2D eigenvalue weighted by molar-refractivity contribution is 9.10. The molecule has 0 aliphatic carbocycles. The summed E-state index contributed by atoms with van der Waals surface area (Å²) in [4.78, 5) is 4.46. The molecule has 4 nitrogen and oxygen atoms in total. The van der Waals surface area contributed by atoms with Crippen LogP contribution in [0.5, 0.6) is 11.5 Å². The van der Waals surface area contributed by atoms with Crippen molar-refractivity contribution >= 4 is 15.9 Å². The van der Waals surface area contributed by atoms with Crippen molar-refractivity contribution < 1.29 is 18.7 Å². The normalized spacial score (nSPS) is 10.3. The van der Waals surface area contributed by atoms with E-state index in [2.05, 4.69) is 20.8 Å². The van der Waals surface area contributed by atoms with Crippen molar-refractivity contribution in [3.63, 3.8) is 0 Å². The van der Waals surface area contributed by atoms with E-state index in [1.54, 1.807) is 6.07 Å². The van der Waals surface area contributed by atoms with Gasteiger partial charge in [-0.3, -0.25) is 0 Å². The summed E-state index contributed by atoms with van der Waals surface area (Å²) < 4.78 is 24.3. The minimum Gasteiger partial charge on any atom is -0.493 e. The average Bonchev–Trinajstić information content (AvgIpc) is 2.26. The Balaban J connectivity index is 3.18. The zero-order valence-corrected chi connectivity index (χ0v) is 10.6. The fourth-order valence-corrected chi connectivity index (χ4v) is 2.01. The van der Waals surface area contributed by atoms with Gasteiger partial charge in [-0.1, -0.05) is 0 Å². The van der Waals surface area contributed by atoms with Gasteiger partial charge in [0.15, 0.2) is 11.5 Å². The van der Waals surface area contributed by atoms with Gasteiger partial charge in [-0.05, 0) is 22.0 Å². The predicted molar refractivity (Wildman–Crippen MR) is 61.0 cm³/mol. The minimum atomic E-state index is -0.536. The van der Waals surface area contributed by atoms with Crippen molar-refractivity contribution in [3.8, 4) is 11.5 Å². The minimum absolute atomic E-state index is 0.120. The summed E-state index contributed by atoms with van der Waals surface area (Å²) in [5.41, 5.74) is 0.665. The number of ether oxygens (including phenoxy) is 2. The van der Waals surface area contributed by atoms with Crippen molar-refractivity contribution in [2.45, 2.75) is 6.42 Å². The van der Waals surface area contributed by atoms with Crippen LogP contribution < -0.4 is 15.4 Å². The second-order valence-corrected chi connectivity index (χ2v) is 3.87. The maximum absolute atomic E-state index is 13.9. The quantitative estimate of drug-likeness (QED) is 0.844. The first-order valence-electron chi connectivity index (χ1n) is 4.56. The summed E-state index contributed by atoms with van der Waals surface area (Å²) in [7, 11) is 2.80. The second-order valence-electron chi connectivity index (χ2n) is 3.02. The van der Waals surface area contributed by atoms with Crippen LogP contribution in [0.4, 0.5) is 4.39 Å². The molecule has 0 saturated heterocycles. The van der Waals surface area contributed by atoms with Crippen LogP contribution in [0.2, 0.25) is 0 Å². The summed E-state index contributed by atoms with van der Waals surface area (Å²) in [5, 5.41) is 0. The molecule has 0 radical (unpaired) electrons. The van der Waals surface area contributed by atoms with Gasteiger partial charge in [-0.2, -0.15) is 4.39 Å². The van der Waals surface area contributed by atoms with Crippen LogP contribution in [0, 0.1) is 5.82 Å². The molecule has 0 saturated carbocycles. The highest BCUT2D eigenvalue weighted by Crippen LogP contribution is 2.37. The Kier molecular flexibility index (Phi) is 4.98. The van der Waals surface area contributed by atoms with E-state index in [0.29, 0.717) is 16.5 Å². The van der Waals surface area contributed by atoms with E-state index >= 15 is 0 Å².